The highest BCUT2D eigenvalue weighted by molar-refractivity contribution is 7.92. The van der Waals surface area contributed by atoms with Crippen molar-refractivity contribution in [2.75, 3.05) is 36.4 Å². The number of hydrogen-bond donors (Lipinski definition) is 1. The van der Waals surface area contributed by atoms with Crippen LogP contribution in [0.25, 0.3) is 0 Å². The number of likely N-dealkylation sites (N-methyl/N-ethyl adjacent to an activating group) is 1. The number of carbonyl (C=O) groups excluding carboxylic acids is 1. The molecule has 0 aliphatic heterocycles. The summed E-state index contributed by atoms with van der Waals surface area (Å²) in [6.45, 7) is 3.16. The number of anilines is 2. The first-order valence-electron chi connectivity index (χ1n) is 9.99. The van der Waals surface area contributed by atoms with E-state index in [2.05, 4.69) is 22.3 Å². The van der Waals surface area contributed by atoms with Crippen molar-refractivity contribution in [1.29, 1.82) is 0 Å². The van der Waals surface area contributed by atoms with E-state index in [4.69, 9.17) is 0 Å². The summed E-state index contributed by atoms with van der Waals surface area (Å²) in [4.78, 5) is 14.9. The molecule has 1 N–H and O–H groups in total. The van der Waals surface area contributed by atoms with Gasteiger partial charge >= 0.3 is 0 Å². The summed E-state index contributed by atoms with van der Waals surface area (Å²) in [5, 5.41) is 2.90. The Morgan fingerprint density at radius 3 is 2.23 bits per heavy atom. The van der Waals surface area contributed by atoms with Crippen molar-refractivity contribution in [3.8, 4) is 0 Å². The minimum Gasteiger partial charge on any atom is -0.373 e. The molecule has 0 aliphatic rings. The molecule has 0 atom stereocenters. The zero-order valence-corrected chi connectivity index (χ0v) is 18.8. The molecule has 0 radical (unpaired) electrons. The molecular formula is C24H27N3O3S. The Labute approximate surface area is 184 Å². The average Bonchev–Trinajstić information content (AvgIpc) is 2.79. The van der Waals surface area contributed by atoms with Gasteiger partial charge in [0, 0.05) is 38.4 Å². The van der Waals surface area contributed by atoms with Gasteiger partial charge in [-0.1, -0.05) is 42.0 Å². The Bertz CT molecular complexity index is 1130. The molecule has 6 nitrogen and oxygen atoms in total. The van der Waals surface area contributed by atoms with Crippen molar-refractivity contribution in [3.05, 3.63) is 90.0 Å². The Balaban J connectivity index is 1.64. The summed E-state index contributed by atoms with van der Waals surface area (Å²) in [6.07, 6.45) is 0. The van der Waals surface area contributed by atoms with Crippen LogP contribution >= 0.6 is 0 Å². The van der Waals surface area contributed by atoms with Crippen molar-refractivity contribution in [3.63, 3.8) is 0 Å². The number of nitrogens with zero attached hydrogens (tertiary/aromatic N) is 2. The second-order valence-electron chi connectivity index (χ2n) is 7.35. The lowest BCUT2D eigenvalue weighted by atomic mass is 10.2. The summed E-state index contributed by atoms with van der Waals surface area (Å²) in [5.41, 5.74) is 3.11. The van der Waals surface area contributed by atoms with Crippen LogP contribution in [0.5, 0.6) is 0 Å². The Morgan fingerprint density at radius 2 is 1.55 bits per heavy atom. The lowest BCUT2D eigenvalue weighted by Crippen LogP contribution is -2.33. The van der Waals surface area contributed by atoms with Gasteiger partial charge in [0.25, 0.3) is 15.9 Å². The second kappa shape index (κ2) is 9.66. The number of hydrogen-bond acceptors (Lipinski definition) is 4. The largest absolute Gasteiger partial charge is 0.373 e. The number of benzene rings is 3. The third kappa shape index (κ3) is 5.44. The fraction of sp³-hybridized carbons (Fsp3) is 0.208. The molecule has 0 heterocycles. The van der Waals surface area contributed by atoms with E-state index in [1.807, 2.05) is 26.1 Å². The molecule has 0 fully saturated rings. The zero-order valence-electron chi connectivity index (χ0n) is 17.9. The number of nitrogens with one attached hydrogen (secondary N) is 1. The van der Waals surface area contributed by atoms with E-state index >= 15 is 0 Å². The fourth-order valence-electron chi connectivity index (χ4n) is 3.10. The number of aryl methyl sites for hydroxylation is 1. The molecule has 7 heteroatoms. The molecule has 3 aromatic rings. The van der Waals surface area contributed by atoms with Crippen molar-refractivity contribution < 1.29 is 13.2 Å². The van der Waals surface area contributed by atoms with Crippen molar-refractivity contribution >= 4 is 27.3 Å². The quantitative estimate of drug-likeness (QED) is 0.584. The van der Waals surface area contributed by atoms with Gasteiger partial charge in [0.1, 0.15) is 0 Å². The zero-order chi connectivity index (χ0) is 22.4. The number of rotatable bonds is 8. The van der Waals surface area contributed by atoms with E-state index in [-0.39, 0.29) is 10.8 Å². The van der Waals surface area contributed by atoms with Crippen LogP contribution in [0, 0.1) is 6.92 Å². The Hall–Kier alpha value is -3.32. The summed E-state index contributed by atoms with van der Waals surface area (Å²) in [6, 6.07) is 23.0. The highest BCUT2D eigenvalue weighted by Gasteiger charge is 2.21. The maximum atomic E-state index is 12.8. The lowest BCUT2D eigenvalue weighted by Gasteiger charge is -2.21. The van der Waals surface area contributed by atoms with E-state index in [9.17, 15) is 13.2 Å². The topological polar surface area (TPSA) is 69.7 Å². The lowest BCUT2D eigenvalue weighted by molar-refractivity contribution is 0.0954. The molecule has 31 heavy (non-hydrogen) atoms. The van der Waals surface area contributed by atoms with Crippen molar-refractivity contribution in [2.24, 2.45) is 0 Å². The standard InChI is InChI=1S/C24H27N3O3S/c1-19-12-14-21(15-13-19)26(2)17-16-25-24(28)20-8-7-9-22(18-20)27(3)31(29,30)23-10-5-4-6-11-23/h4-15,18H,16-17H2,1-3H3,(H,25,28). The van der Waals surface area contributed by atoms with Gasteiger partial charge in [-0.25, -0.2) is 8.42 Å². The number of amides is 1. The van der Waals surface area contributed by atoms with E-state index in [1.54, 1.807) is 54.6 Å². The first kappa shape index (κ1) is 22.4. The van der Waals surface area contributed by atoms with Crippen molar-refractivity contribution in [1.82, 2.24) is 5.32 Å². The molecule has 3 rings (SSSR count). The van der Waals surface area contributed by atoms with E-state index in [1.165, 1.54) is 16.9 Å². The van der Waals surface area contributed by atoms with Gasteiger partial charge in [-0.2, -0.15) is 0 Å². The molecule has 3 aromatic carbocycles. The van der Waals surface area contributed by atoms with Crippen LogP contribution in [0.1, 0.15) is 15.9 Å². The smallest absolute Gasteiger partial charge is 0.264 e. The SMILES string of the molecule is Cc1ccc(N(C)CCNC(=O)c2cccc(N(C)S(=O)(=O)c3ccccc3)c2)cc1. The van der Waals surface area contributed by atoms with Gasteiger partial charge in [-0.05, 0) is 49.4 Å². The highest BCUT2D eigenvalue weighted by Crippen LogP contribution is 2.22. The van der Waals surface area contributed by atoms with Gasteiger partial charge in [0.15, 0.2) is 0 Å². The van der Waals surface area contributed by atoms with Gasteiger partial charge in [0.05, 0.1) is 10.6 Å². The van der Waals surface area contributed by atoms with Crippen LogP contribution in [0.2, 0.25) is 0 Å². The maximum absolute atomic E-state index is 12.8. The fourth-order valence-corrected chi connectivity index (χ4v) is 4.31. The number of carbonyl (C=O) groups is 1. The van der Waals surface area contributed by atoms with Gasteiger partial charge in [0.2, 0.25) is 0 Å². The molecule has 0 unspecified atom stereocenters. The second-order valence-corrected chi connectivity index (χ2v) is 9.32. The van der Waals surface area contributed by atoms with Gasteiger partial charge in [-0.3, -0.25) is 9.10 Å². The molecule has 162 valence electrons. The minimum absolute atomic E-state index is 0.200. The van der Waals surface area contributed by atoms with Crippen LogP contribution in [0.4, 0.5) is 11.4 Å². The summed E-state index contributed by atoms with van der Waals surface area (Å²) in [5.74, 6) is -0.246. The summed E-state index contributed by atoms with van der Waals surface area (Å²) < 4.78 is 26.9. The molecule has 0 aromatic heterocycles. The van der Waals surface area contributed by atoms with Crippen LogP contribution in [0.15, 0.2) is 83.8 Å². The van der Waals surface area contributed by atoms with Gasteiger partial charge < -0.3 is 10.2 Å². The predicted molar refractivity (Wildman–Crippen MR) is 125 cm³/mol. The number of sulfonamides is 1. The molecule has 0 aliphatic carbocycles. The molecule has 1 amide bonds. The van der Waals surface area contributed by atoms with Gasteiger partial charge in [-0.15, -0.1) is 0 Å². The van der Waals surface area contributed by atoms with Crippen molar-refractivity contribution in [2.45, 2.75) is 11.8 Å². The molecular weight excluding hydrogens is 410 g/mol. The minimum atomic E-state index is -3.70. The highest BCUT2D eigenvalue weighted by atomic mass is 32.2. The van der Waals surface area contributed by atoms with Crippen LogP contribution in [-0.2, 0) is 10.0 Å². The monoisotopic (exact) mass is 437 g/mol. The van der Waals surface area contributed by atoms with E-state index in [0.29, 0.717) is 24.3 Å². The maximum Gasteiger partial charge on any atom is 0.264 e. The average molecular weight is 438 g/mol. The molecule has 0 spiro atoms. The van der Waals surface area contributed by atoms with Crippen LogP contribution < -0.4 is 14.5 Å². The molecule has 0 saturated heterocycles. The van der Waals surface area contributed by atoms with Crippen LogP contribution in [-0.4, -0.2) is 41.5 Å². The third-order valence-corrected chi connectivity index (χ3v) is 6.88. The first-order chi connectivity index (χ1) is 14.8. The summed E-state index contributed by atoms with van der Waals surface area (Å²) >= 11 is 0. The van der Waals surface area contributed by atoms with E-state index in [0.717, 1.165) is 5.69 Å². The Kier molecular flexibility index (Phi) is 6.97. The predicted octanol–water partition coefficient (Wildman–Crippen LogP) is 3.69. The summed E-state index contributed by atoms with van der Waals surface area (Å²) in [7, 11) is -0.246. The van der Waals surface area contributed by atoms with E-state index < -0.39 is 10.0 Å². The molecule has 0 bridgehead atoms. The van der Waals surface area contributed by atoms with Crippen LogP contribution in [0.3, 0.4) is 0 Å². The molecule has 0 saturated carbocycles. The third-order valence-electron chi connectivity index (χ3n) is 5.08. The Morgan fingerprint density at radius 1 is 0.871 bits per heavy atom. The first-order valence-corrected chi connectivity index (χ1v) is 11.4. The normalized spacial score (nSPS) is 11.1.